The van der Waals surface area contributed by atoms with E-state index in [-0.39, 0.29) is 5.75 Å². The van der Waals surface area contributed by atoms with Crippen LogP contribution in [0.3, 0.4) is 0 Å². The standard InChI is InChI=1S/C7H14O5S/c1-11-7-6(10)5(9)4(8)3(2-13)12-7/h3-10,13H,2H2,1H3/t3-,4+,5+,6+,7+/m1/s1. The number of aliphatic hydroxyl groups excluding tert-OH is 3. The third kappa shape index (κ3) is 2.15. The van der Waals surface area contributed by atoms with Crippen LogP contribution >= 0.6 is 12.6 Å². The molecule has 0 saturated carbocycles. The predicted molar refractivity (Wildman–Crippen MR) is 47.5 cm³/mol. The molecule has 5 atom stereocenters. The lowest BCUT2D eigenvalue weighted by Gasteiger charge is -2.39. The topological polar surface area (TPSA) is 79.2 Å². The monoisotopic (exact) mass is 210 g/mol. The first kappa shape index (κ1) is 11.2. The quantitative estimate of drug-likeness (QED) is 0.412. The van der Waals surface area contributed by atoms with Gasteiger partial charge in [0.25, 0.3) is 0 Å². The Kier molecular flexibility index (Phi) is 3.96. The van der Waals surface area contributed by atoms with Gasteiger partial charge >= 0.3 is 0 Å². The summed E-state index contributed by atoms with van der Waals surface area (Å²) >= 11 is 3.94. The van der Waals surface area contributed by atoms with Gasteiger partial charge in [-0.25, -0.2) is 0 Å². The SMILES string of the molecule is CO[C@H]1O[C@H](CS)[C@H](O)[C@H](O)[C@@H]1O. The Morgan fingerprint density at radius 3 is 2.31 bits per heavy atom. The van der Waals surface area contributed by atoms with Crippen molar-refractivity contribution >= 4 is 12.6 Å². The van der Waals surface area contributed by atoms with Crippen LogP contribution in [0.15, 0.2) is 0 Å². The highest BCUT2D eigenvalue weighted by molar-refractivity contribution is 7.80. The molecule has 5 nitrogen and oxygen atoms in total. The Labute approximate surface area is 81.7 Å². The van der Waals surface area contributed by atoms with E-state index in [1.54, 1.807) is 0 Å². The normalized spacial score (nSPS) is 46.4. The van der Waals surface area contributed by atoms with Crippen molar-refractivity contribution in [2.75, 3.05) is 12.9 Å². The minimum absolute atomic E-state index is 0.255. The molecule has 0 aromatic carbocycles. The van der Waals surface area contributed by atoms with E-state index in [0.717, 1.165) is 0 Å². The zero-order valence-corrected chi connectivity index (χ0v) is 8.09. The van der Waals surface area contributed by atoms with Crippen LogP contribution in [0.5, 0.6) is 0 Å². The summed E-state index contributed by atoms with van der Waals surface area (Å²) in [4.78, 5) is 0. The van der Waals surface area contributed by atoms with Crippen molar-refractivity contribution in [3.63, 3.8) is 0 Å². The minimum atomic E-state index is -1.25. The van der Waals surface area contributed by atoms with Gasteiger partial charge in [0.2, 0.25) is 0 Å². The van der Waals surface area contributed by atoms with Crippen molar-refractivity contribution in [1.29, 1.82) is 0 Å². The number of hydrogen-bond acceptors (Lipinski definition) is 6. The number of aliphatic hydroxyl groups is 3. The highest BCUT2D eigenvalue weighted by Crippen LogP contribution is 2.21. The molecule has 0 unspecified atom stereocenters. The largest absolute Gasteiger partial charge is 0.388 e. The second-order valence-corrected chi connectivity index (χ2v) is 3.30. The Hall–Kier alpha value is 0.150. The van der Waals surface area contributed by atoms with Crippen LogP contribution in [0, 0.1) is 0 Å². The number of ether oxygens (including phenoxy) is 2. The summed E-state index contributed by atoms with van der Waals surface area (Å²) in [6.45, 7) is 0. The molecule has 0 aromatic heterocycles. The molecule has 1 rings (SSSR count). The van der Waals surface area contributed by atoms with Gasteiger partial charge in [0.1, 0.15) is 18.3 Å². The van der Waals surface area contributed by atoms with Gasteiger partial charge in [-0.1, -0.05) is 0 Å². The van der Waals surface area contributed by atoms with Crippen LogP contribution in [0.2, 0.25) is 0 Å². The number of thiol groups is 1. The van der Waals surface area contributed by atoms with Crippen LogP contribution in [-0.2, 0) is 9.47 Å². The molecule has 3 N–H and O–H groups in total. The van der Waals surface area contributed by atoms with Crippen molar-refractivity contribution in [3.8, 4) is 0 Å². The molecule has 1 heterocycles. The Morgan fingerprint density at radius 2 is 1.85 bits per heavy atom. The van der Waals surface area contributed by atoms with E-state index in [1.165, 1.54) is 7.11 Å². The van der Waals surface area contributed by atoms with Crippen molar-refractivity contribution in [2.24, 2.45) is 0 Å². The molecule has 0 aliphatic carbocycles. The molecule has 13 heavy (non-hydrogen) atoms. The van der Waals surface area contributed by atoms with Crippen LogP contribution in [-0.4, -0.2) is 58.9 Å². The number of hydrogen-bond donors (Lipinski definition) is 4. The maximum absolute atomic E-state index is 9.38. The molecule has 1 aliphatic heterocycles. The summed E-state index contributed by atoms with van der Waals surface area (Å²) in [6, 6.07) is 0. The molecule has 1 aliphatic rings. The summed E-state index contributed by atoms with van der Waals surface area (Å²) in [7, 11) is 1.36. The van der Waals surface area contributed by atoms with Crippen LogP contribution in [0.4, 0.5) is 0 Å². The van der Waals surface area contributed by atoms with Crippen LogP contribution in [0.25, 0.3) is 0 Å². The fourth-order valence-electron chi connectivity index (χ4n) is 1.26. The lowest BCUT2D eigenvalue weighted by molar-refractivity contribution is -0.284. The first-order valence-corrected chi connectivity index (χ1v) is 4.58. The molecule has 0 radical (unpaired) electrons. The van der Waals surface area contributed by atoms with Gasteiger partial charge in [0.15, 0.2) is 6.29 Å². The first-order chi connectivity index (χ1) is 6.11. The van der Waals surface area contributed by atoms with Gasteiger partial charge in [-0.3, -0.25) is 0 Å². The Bertz CT molecular complexity index is 147. The lowest BCUT2D eigenvalue weighted by Crippen LogP contribution is -2.58. The fraction of sp³-hybridized carbons (Fsp3) is 1.00. The summed E-state index contributed by atoms with van der Waals surface area (Å²) in [5.41, 5.74) is 0. The molecule has 0 bridgehead atoms. The van der Waals surface area contributed by atoms with Crippen molar-refractivity contribution in [2.45, 2.75) is 30.7 Å². The van der Waals surface area contributed by atoms with E-state index in [9.17, 15) is 15.3 Å². The van der Waals surface area contributed by atoms with Crippen LogP contribution in [0.1, 0.15) is 0 Å². The second-order valence-electron chi connectivity index (χ2n) is 2.93. The van der Waals surface area contributed by atoms with Crippen molar-refractivity contribution < 1.29 is 24.8 Å². The van der Waals surface area contributed by atoms with E-state index >= 15 is 0 Å². The van der Waals surface area contributed by atoms with Crippen molar-refractivity contribution in [3.05, 3.63) is 0 Å². The number of methoxy groups -OCH3 is 1. The van der Waals surface area contributed by atoms with Gasteiger partial charge in [0.05, 0.1) is 6.10 Å². The molecule has 0 aromatic rings. The molecule has 0 spiro atoms. The molecular formula is C7H14O5S. The highest BCUT2D eigenvalue weighted by Gasteiger charge is 2.43. The van der Waals surface area contributed by atoms with E-state index in [2.05, 4.69) is 12.6 Å². The Morgan fingerprint density at radius 1 is 1.23 bits per heavy atom. The zero-order valence-electron chi connectivity index (χ0n) is 7.20. The molecule has 1 fully saturated rings. The second kappa shape index (κ2) is 4.59. The molecule has 1 saturated heterocycles. The molecule has 6 heteroatoms. The maximum Gasteiger partial charge on any atom is 0.186 e. The van der Waals surface area contributed by atoms with Crippen LogP contribution < -0.4 is 0 Å². The molecule has 78 valence electrons. The minimum Gasteiger partial charge on any atom is -0.388 e. The first-order valence-electron chi connectivity index (χ1n) is 3.95. The van der Waals surface area contributed by atoms with E-state index in [1.807, 2.05) is 0 Å². The number of rotatable bonds is 2. The smallest absolute Gasteiger partial charge is 0.186 e. The summed E-state index contributed by atoms with van der Waals surface area (Å²) in [6.07, 6.45) is -5.13. The summed E-state index contributed by atoms with van der Waals surface area (Å²) < 4.78 is 9.90. The molecule has 0 amide bonds. The summed E-state index contributed by atoms with van der Waals surface area (Å²) in [5.74, 6) is 0.255. The Balaban J connectivity index is 2.66. The van der Waals surface area contributed by atoms with E-state index in [4.69, 9.17) is 9.47 Å². The zero-order chi connectivity index (χ0) is 10.0. The van der Waals surface area contributed by atoms with Gasteiger partial charge in [-0.2, -0.15) is 12.6 Å². The average Bonchev–Trinajstić information content (AvgIpc) is 2.15. The third-order valence-electron chi connectivity index (χ3n) is 2.08. The maximum atomic E-state index is 9.38. The average molecular weight is 210 g/mol. The summed E-state index contributed by atoms with van der Waals surface area (Å²) in [5, 5.41) is 28.1. The fourth-order valence-corrected chi connectivity index (χ4v) is 1.56. The van der Waals surface area contributed by atoms with E-state index < -0.39 is 30.7 Å². The predicted octanol–water partition coefficient (Wildman–Crippen LogP) is -1.63. The molecular weight excluding hydrogens is 196 g/mol. The lowest BCUT2D eigenvalue weighted by atomic mass is 10.00. The van der Waals surface area contributed by atoms with Crippen molar-refractivity contribution in [1.82, 2.24) is 0 Å². The van der Waals surface area contributed by atoms with Gasteiger partial charge in [-0.15, -0.1) is 0 Å². The highest BCUT2D eigenvalue weighted by atomic mass is 32.1. The van der Waals surface area contributed by atoms with Gasteiger partial charge in [0, 0.05) is 12.9 Å². The van der Waals surface area contributed by atoms with Gasteiger partial charge in [-0.05, 0) is 0 Å². The van der Waals surface area contributed by atoms with E-state index in [0.29, 0.717) is 0 Å². The van der Waals surface area contributed by atoms with Gasteiger partial charge < -0.3 is 24.8 Å². The third-order valence-corrected chi connectivity index (χ3v) is 2.44.